The van der Waals surface area contributed by atoms with E-state index in [4.69, 9.17) is 4.74 Å². The van der Waals surface area contributed by atoms with Crippen molar-refractivity contribution in [2.75, 3.05) is 96.6 Å². The number of hydrogen-bond acceptors (Lipinski definition) is 12. The second kappa shape index (κ2) is 76.9. The molecule has 0 amide bonds. The van der Waals surface area contributed by atoms with Gasteiger partial charge in [0.1, 0.15) is 6.61 Å². The van der Waals surface area contributed by atoms with Gasteiger partial charge in [-0.15, -0.1) is 0 Å². The smallest absolute Gasteiger partial charge is 0.305 e. The number of ether oxygens (including phenoxy) is 1. The van der Waals surface area contributed by atoms with Gasteiger partial charge in [0, 0.05) is 83.4 Å². The maximum atomic E-state index is 13.0. The molecule has 1 aliphatic heterocycles. The van der Waals surface area contributed by atoms with Crippen molar-refractivity contribution in [2.24, 2.45) is 0 Å². The van der Waals surface area contributed by atoms with Gasteiger partial charge in [-0.1, -0.05) is 275 Å². The minimum atomic E-state index is -0.445. The zero-order chi connectivity index (χ0) is 71.5. The Balaban J connectivity index is 2.50. The fourth-order valence-corrected chi connectivity index (χ4v) is 14.9. The third-order valence-electron chi connectivity index (χ3n) is 19.1. The monoisotopic (exact) mass is 1420 g/mol. The zero-order valence-corrected chi connectivity index (χ0v) is 66.7. The molecule has 4 atom stereocenters. The highest BCUT2D eigenvalue weighted by atomic mass is 33.1. The summed E-state index contributed by atoms with van der Waals surface area (Å²) < 4.78 is 5.78. The lowest BCUT2D eigenvalue weighted by molar-refractivity contribution is -0.144. The summed E-state index contributed by atoms with van der Waals surface area (Å²) in [6, 6.07) is 0. The summed E-state index contributed by atoms with van der Waals surface area (Å²) in [7, 11) is 3.93. The average Bonchev–Trinajstić information content (AvgIpc) is 1.94. The molecule has 1 heterocycles. The summed E-state index contributed by atoms with van der Waals surface area (Å²) in [6.07, 6.45) is 87.9. The molecule has 1 aliphatic rings. The van der Waals surface area contributed by atoms with Crippen LogP contribution in [0.15, 0.2) is 97.2 Å². The van der Waals surface area contributed by atoms with Crippen LogP contribution in [-0.4, -0.2) is 167 Å². The predicted octanol–water partition coefficient (Wildman–Crippen LogP) is 22.4. The summed E-state index contributed by atoms with van der Waals surface area (Å²) in [5.41, 5.74) is 0. The van der Waals surface area contributed by atoms with Crippen LogP contribution in [0.1, 0.15) is 329 Å². The van der Waals surface area contributed by atoms with Crippen LogP contribution in [0.25, 0.3) is 0 Å². The lowest BCUT2D eigenvalue weighted by atomic mass is 10.1. The summed E-state index contributed by atoms with van der Waals surface area (Å²) >= 11 is 0. The number of carbonyl (C=O) groups is 1. The van der Waals surface area contributed by atoms with Gasteiger partial charge in [-0.25, -0.2) is 0 Å². The van der Waals surface area contributed by atoms with Gasteiger partial charge in [0.05, 0.1) is 24.4 Å². The molecule has 0 saturated carbocycles. The van der Waals surface area contributed by atoms with Crippen molar-refractivity contribution in [2.45, 2.75) is 354 Å². The molecule has 0 aromatic carbocycles. The Hall–Kier alpha value is -2.23. The number of nitrogens with zero attached hydrogens (tertiary/aromatic N) is 4. The first-order valence-corrected chi connectivity index (χ1v) is 44.4. The number of piperazine rings is 1. The Bertz CT molecular complexity index is 1830. The van der Waals surface area contributed by atoms with Crippen molar-refractivity contribution >= 4 is 27.6 Å². The van der Waals surface area contributed by atoms with Crippen molar-refractivity contribution in [3.63, 3.8) is 0 Å². The molecule has 12 heteroatoms. The van der Waals surface area contributed by atoms with Crippen molar-refractivity contribution < 1.29 is 30.0 Å². The Labute approximate surface area is 621 Å². The SMILES string of the molecule is CCCCC/C=C\C/C=C\CCCCCC[C@@H](O)CN(CCCC(=O)OCCN1CCN(CCSSCCCN(C[C@@H](O)CCCCCC/C=C\C/C=C\CCCCC)C[C@@H](O)CCCCCC/C=C\C/C=C\CCCCC)CC1)C[C@H](O)CCCCCC/C=C\C/C=C\CCCCC. The van der Waals surface area contributed by atoms with Gasteiger partial charge in [0.25, 0.3) is 0 Å². The first-order valence-electron chi connectivity index (χ1n) is 41.9. The van der Waals surface area contributed by atoms with Crippen LogP contribution in [-0.2, 0) is 9.53 Å². The maximum Gasteiger partial charge on any atom is 0.305 e. The van der Waals surface area contributed by atoms with Crippen molar-refractivity contribution in [1.82, 2.24) is 19.6 Å². The molecule has 10 nitrogen and oxygen atoms in total. The normalized spacial score (nSPS) is 15.2. The van der Waals surface area contributed by atoms with E-state index in [0.29, 0.717) is 52.2 Å². The molecule has 0 spiro atoms. The second-order valence-corrected chi connectivity index (χ2v) is 31.5. The highest BCUT2D eigenvalue weighted by molar-refractivity contribution is 8.76. The number of rotatable bonds is 75. The minimum absolute atomic E-state index is 0.158. The summed E-state index contributed by atoms with van der Waals surface area (Å²) in [4.78, 5) is 22.6. The number of esters is 1. The van der Waals surface area contributed by atoms with E-state index in [1.54, 1.807) is 0 Å². The number of unbranched alkanes of at least 4 members (excludes halogenated alkanes) is 28. The van der Waals surface area contributed by atoms with Gasteiger partial charge in [-0.3, -0.25) is 24.4 Å². The van der Waals surface area contributed by atoms with E-state index in [2.05, 4.69) is 145 Å². The molecule has 1 rings (SSSR count). The van der Waals surface area contributed by atoms with Crippen LogP contribution in [0.4, 0.5) is 0 Å². The van der Waals surface area contributed by atoms with E-state index in [1.807, 2.05) is 21.6 Å². The van der Waals surface area contributed by atoms with Crippen molar-refractivity contribution in [1.29, 1.82) is 0 Å². The standard InChI is InChI=1S/C87H160N4O6S2/c1-5-9-13-17-21-25-29-33-37-41-45-49-53-57-63-83(92)79-90(80-84(93)64-58-54-50-46-42-38-34-30-26-22-18-14-10-6-2)68-61-67-87(96)97-76-74-88-70-72-89(73-71-88)75-78-99-98-77-62-69-91(81-85(94)65-59-55-51-47-43-39-35-31-27-23-19-15-11-7-3)82-86(95)66-60-56-52-48-44-40-36-32-28-24-20-16-12-8-4/h21-28,33-40,83-86,92-95H,5-20,29-32,41-82H2,1-4H3/b25-21-,26-22-,27-23-,28-24-,37-33-,38-34-,39-35-,40-36-/t83-,84-,85+,86+/m1/s1. The van der Waals surface area contributed by atoms with E-state index >= 15 is 0 Å². The summed E-state index contributed by atoms with van der Waals surface area (Å²) in [6.45, 7) is 19.2. The van der Waals surface area contributed by atoms with Crippen LogP contribution in [0.3, 0.4) is 0 Å². The molecule has 0 aromatic heterocycles. The quantitative estimate of drug-likeness (QED) is 0.0201. The third-order valence-corrected chi connectivity index (χ3v) is 21.6. The van der Waals surface area contributed by atoms with Gasteiger partial charge >= 0.3 is 5.97 Å². The van der Waals surface area contributed by atoms with Crippen LogP contribution in [0.2, 0.25) is 0 Å². The fourth-order valence-electron chi connectivity index (χ4n) is 12.8. The Morgan fingerprint density at radius 1 is 0.343 bits per heavy atom. The van der Waals surface area contributed by atoms with E-state index in [1.165, 1.54) is 154 Å². The Morgan fingerprint density at radius 3 is 0.929 bits per heavy atom. The summed E-state index contributed by atoms with van der Waals surface area (Å²) in [5.74, 6) is 1.99. The third kappa shape index (κ3) is 69.9. The molecule has 0 unspecified atom stereocenters. The highest BCUT2D eigenvalue weighted by Crippen LogP contribution is 2.23. The van der Waals surface area contributed by atoms with Crippen LogP contribution in [0, 0.1) is 0 Å². The molecular weight excluding hydrogens is 1260 g/mol. The van der Waals surface area contributed by atoms with Gasteiger partial charge in [-0.05, 0) is 180 Å². The lowest BCUT2D eigenvalue weighted by Gasteiger charge is -2.34. The highest BCUT2D eigenvalue weighted by Gasteiger charge is 2.20. The number of aliphatic hydroxyl groups excluding tert-OH is 4. The molecule has 0 radical (unpaired) electrons. The molecule has 1 saturated heterocycles. The molecular formula is C87H160N4O6S2. The van der Waals surface area contributed by atoms with Crippen LogP contribution >= 0.6 is 21.6 Å². The van der Waals surface area contributed by atoms with E-state index < -0.39 is 12.2 Å². The number of hydrogen-bond donors (Lipinski definition) is 4. The molecule has 4 N–H and O–H groups in total. The van der Waals surface area contributed by atoms with Crippen molar-refractivity contribution in [3.05, 3.63) is 97.2 Å². The van der Waals surface area contributed by atoms with Gasteiger partial charge in [-0.2, -0.15) is 0 Å². The first kappa shape index (κ1) is 94.8. The fraction of sp³-hybridized carbons (Fsp3) is 0.805. The van der Waals surface area contributed by atoms with Crippen LogP contribution < -0.4 is 0 Å². The van der Waals surface area contributed by atoms with E-state index in [-0.39, 0.29) is 18.2 Å². The van der Waals surface area contributed by atoms with E-state index in [0.717, 1.165) is 192 Å². The molecule has 0 aliphatic carbocycles. The van der Waals surface area contributed by atoms with E-state index in [9.17, 15) is 25.2 Å². The maximum absolute atomic E-state index is 13.0. The molecule has 0 bridgehead atoms. The predicted molar refractivity (Wildman–Crippen MR) is 438 cm³/mol. The Kier molecular flexibility index (Phi) is 73.6. The van der Waals surface area contributed by atoms with Gasteiger partial charge < -0.3 is 25.2 Å². The molecule has 0 aromatic rings. The minimum Gasteiger partial charge on any atom is -0.464 e. The molecule has 576 valence electrons. The number of carbonyl (C=O) groups excluding carboxylic acids is 1. The molecule has 1 fully saturated rings. The average molecular weight is 1420 g/mol. The van der Waals surface area contributed by atoms with Crippen molar-refractivity contribution in [3.8, 4) is 0 Å². The first-order chi connectivity index (χ1) is 48.7. The zero-order valence-electron chi connectivity index (χ0n) is 65.1. The second-order valence-electron chi connectivity index (χ2n) is 28.8. The van der Waals surface area contributed by atoms with Gasteiger partial charge in [0.2, 0.25) is 0 Å². The number of aliphatic hydroxyl groups is 4. The number of allylic oxidation sites excluding steroid dienone is 16. The Morgan fingerprint density at radius 2 is 0.616 bits per heavy atom. The summed E-state index contributed by atoms with van der Waals surface area (Å²) in [5, 5.41) is 44.8. The largest absolute Gasteiger partial charge is 0.464 e. The molecule has 99 heavy (non-hydrogen) atoms. The lowest BCUT2D eigenvalue weighted by Crippen LogP contribution is -2.47. The topological polar surface area (TPSA) is 120 Å². The van der Waals surface area contributed by atoms with Gasteiger partial charge in [0.15, 0.2) is 0 Å². The van der Waals surface area contributed by atoms with Crippen LogP contribution in [0.5, 0.6) is 0 Å².